The van der Waals surface area contributed by atoms with Crippen LogP contribution in [0.4, 0.5) is 18.3 Å². The molecule has 0 saturated carbocycles. The molecule has 2 N–H and O–H groups in total. The van der Waals surface area contributed by atoms with Crippen molar-refractivity contribution in [2.24, 2.45) is 0 Å². The number of hydrogen-bond donors (Lipinski definition) is 2. The second-order valence-electron chi connectivity index (χ2n) is 6.56. The van der Waals surface area contributed by atoms with E-state index in [9.17, 15) is 18.3 Å². The summed E-state index contributed by atoms with van der Waals surface area (Å²) in [7, 11) is 1.98. The van der Waals surface area contributed by atoms with E-state index >= 15 is 0 Å². The lowest BCUT2D eigenvalue weighted by Gasteiger charge is -2.33. The minimum absolute atomic E-state index is 0.160. The Morgan fingerprint density at radius 1 is 1.24 bits per heavy atom. The summed E-state index contributed by atoms with van der Waals surface area (Å²) in [6.07, 6.45) is 0.286. The predicted octanol–water partition coefficient (Wildman–Crippen LogP) is 2.59. The molecule has 2 fully saturated rings. The first kappa shape index (κ1) is 20.4. The molecule has 3 rings (SSSR count). The Hall–Kier alpha value is -0.900. The zero-order valence-corrected chi connectivity index (χ0v) is 15.2. The van der Waals surface area contributed by atoms with Crippen molar-refractivity contribution in [2.75, 3.05) is 38.2 Å². The van der Waals surface area contributed by atoms with E-state index in [1.165, 1.54) is 0 Å². The third-order valence-electron chi connectivity index (χ3n) is 4.60. The Morgan fingerprint density at radius 2 is 1.92 bits per heavy atom. The number of rotatable bonds is 2. The fourth-order valence-corrected chi connectivity index (χ4v) is 3.87. The third-order valence-corrected chi connectivity index (χ3v) is 5.50. The van der Waals surface area contributed by atoms with Gasteiger partial charge in [0.25, 0.3) is 0 Å². The number of hydrogen-bond acceptors (Lipinski definition) is 6. The van der Waals surface area contributed by atoms with Crippen molar-refractivity contribution in [1.29, 1.82) is 0 Å². The van der Waals surface area contributed by atoms with Crippen LogP contribution in [-0.4, -0.2) is 65.5 Å². The Bertz CT molecular complexity index is 521. The largest absolute Gasteiger partial charge is 0.434 e. The molecule has 2 aliphatic heterocycles. The minimum Gasteiger partial charge on any atom is -0.395 e. The van der Waals surface area contributed by atoms with Crippen molar-refractivity contribution in [3.63, 3.8) is 0 Å². The summed E-state index contributed by atoms with van der Waals surface area (Å²) in [5.41, 5.74) is -0.770. The zero-order valence-electron chi connectivity index (χ0n) is 14.4. The van der Waals surface area contributed by atoms with Crippen LogP contribution in [-0.2, 0) is 6.18 Å². The second kappa shape index (κ2) is 9.16. The maximum Gasteiger partial charge on any atom is 0.434 e. The molecule has 5 nitrogen and oxygen atoms in total. The van der Waals surface area contributed by atoms with Crippen LogP contribution in [0.15, 0.2) is 5.38 Å². The van der Waals surface area contributed by atoms with Crippen LogP contribution in [0.5, 0.6) is 0 Å². The number of aliphatic hydroxyl groups is 2. The molecule has 0 amide bonds. The number of halogens is 3. The molecule has 25 heavy (non-hydrogen) atoms. The van der Waals surface area contributed by atoms with Crippen molar-refractivity contribution >= 4 is 16.5 Å². The van der Waals surface area contributed by atoms with Crippen molar-refractivity contribution in [1.82, 2.24) is 9.88 Å². The van der Waals surface area contributed by atoms with Gasteiger partial charge in [-0.25, -0.2) is 4.98 Å². The number of anilines is 1. The van der Waals surface area contributed by atoms with Gasteiger partial charge in [-0.2, -0.15) is 13.2 Å². The molecule has 1 aromatic rings. The number of piperidine rings is 2. The molecular formula is C16H26F3N3O2S. The molecule has 1 aromatic heterocycles. The molecule has 144 valence electrons. The molecule has 0 bridgehead atoms. The Balaban J connectivity index is 0.000000196. The molecule has 0 aromatic carbocycles. The van der Waals surface area contributed by atoms with Gasteiger partial charge in [-0.3, -0.25) is 0 Å². The monoisotopic (exact) mass is 381 g/mol. The van der Waals surface area contributed by atoms with E-state index in [1.54, 1.807) is 0 Å². The quantitative estimate of drug-likeness (QED) is 0.825. The summed E-state index contributed by atoms with van der Waals surface area (Å²) >= 11 is 1.08. The van der Waals surface area contributed by atoms with E-state index in [4.69, 9.17) is 5.11 Å². The molecule has 2 saturated heterocycles. The van der Waals surface area contributed by atoms with Gasteiger partial charge < -0.3 is 20.0 Å². The zero-order chi connectivity index (χ0) is 18.4. The fourth-order valence-electron chi connectivity index (χ4n) is 2.99. The van der Waals surface area contributed by atoms with E-state index in [-0.39, 0.29) is 18.8 Å². The average Bonchev–Trinajstić information content (AvgIpc) is 3.09. The van der Waals surface area contributed by atoms with E-state index < -0.39 is 11.9 Å². The van der Waals surface area contributed by atoms with Gasteiger partial charge >= 0.3 is 6.18 Å². The summed E-state index contributed by atoms with van der Waals surface area (Å²) in [5, 5.41) is 19.6. The number of aromatic nitrogens is 1. The molecular weight excluding hydrogens is 355 g/mol. The lowest BCUT2D eigenvalue weighted by molar-refractivity contribution is -0.140. The first-order valence-electron chi connectivity index (χ1n) is 8.58. The maximum atomic E-state index is 12.3. The summed E-state index contributed by atoms with van der Waals surface area (Å²) in [6.45, 7) is 2.70. The molecule has 0 radical (unpaired) electrons. The lowest BCUT2D eigenvalue weighted by atomic mass is 10.0. The maximum absolute atomic E-state index is 12.3. The number of likely N-dealkylation sites (N-methyl/N-ethyl adjacent to an activating group) is 1. The Kier molecular flexibility index (Phi) is 7.48. The molecule has 2 aliphatic rings. The van der Waals surface area contributed by atoms with Crippen molar-refractivity contribution in [2.45, 2.75) is 50.4 Å². The number of likely N-dealkylation sites (tertiary alicyclic amines) is 1. The minimum atomic E-state index is -4.31. The topological polar surface area (TPSA) is 59.8 Å². The standard InChI is InChI=1S/C9H11F3N2S.C7H15NO2/c10-9(11,12)7-6-15-8(13-7)14-4-2-1-3-5-14;1-8-3-2-7(10)4-6(8)5-9/h6H,1-5H2;6-7,9-10H,2-5H2,1H3. The normalized spacial score (nSPS) is 25.4. The lowest BCUT2D eigenvalue weighted by Crippen LogP contribution is -2.43. The summed E-state index contributed by atoms with van der Waals surface area (Å²) < 4.78 is 36.9. The SMILES string of the molecule is CN1CCC(O)CC1CO.FC(F)(F)c1csc(N2CCCCC2)n1. The summed E-state index contributed by atoms with van der Waals surface area (Å²) in [4.78, 5) is 7.65. The number of thiazole rings is 1. The van der Waals surface area contributed by atoms with Crippen molar-refractivity contribution in [3.8, 4) is 0 Å². The van der Waals surface area contributed by atoms with Crippen molar-refractivity contribution < 1.29 is 23.4 Å². The highest BCUT2D eigenvalue weighted by Gasteiger charge is 2.34. The van der Waals surface area contributed by atoms with E-state index in [0.29, 0.717) is 11.6 Å². The van der Waals surface area contributed by atoms with Gasteiger partial charge in [0.2, 0.25) is 0 Å². The van der Waals surface area contributed by atoms with Crippen LogP contribution < -0.4 is 4.90 Å². The first-order valence-corrected chi connectivity index (χ1v) is 9.46. The Morgan fingerprint density at radius 3 is 2.44 bits per heavy atom. The smallest absolute Gasteiger partial charge is 0.395 e. The highest BCUT2D eigenvalue weighted by atomic mass is 32.1. The molecule has 2 unspecified atom stereocenters. The summed E-state index contributed by atoms with van der Waals surface area (Å²) in [6, 6.07) is 0.170. The number of aliphatic hydroxyl groups excluding tert-OH is 2. The third kappa shape index (κ3) is 6.09. The van der Waals surface area contributed by atoms with Gasteiger partial charge in [0, 0.05) is 31.1 Å². The molecule has 0 aliphatic carbocycles. The molecule has 3 heterocycles. The van der Waals surface area contributed by atoms with Gasteiger partial charge in [0.15, 0.2) is 10.8 Å². The van der Waals surface area contributed by atoms with Gasteiger partial charge in [0.05, 0.1) is 12.7 Å². The second-order valence-corrected chi connectivity index (χ2v) is 7.39. The van der Waals surface area contributed by atoms with Crippen molar-refractivity contribution in [3.05, 3.63) is 11.1 Å². The van der Waals surface area contributed by atoms with Gasteiger partial charge in [-0.15, -0.1) is 11.3 Å². The predicted molar refractivity (Wildman–Crippen MR) is 91.9 cm³/mol. The highest BCUT2D eigenvalue weighted by molar-refractivity contribution is 7.13. The van der Waals surface area contributed by atoms with E-state index in [0.717, 1.165) is 62.0 Å². The van der Waals surface area contributed by atoms with E-state index in [1.807, 2.05) is 11.9 Å². The molecule has 9 heteroatoms. The molecule has 0 spiro atoms. The van der Waals surface area contributed by atoms with Crippen LogP contribution >= 0.6 is 11.3 Å². The van der Waals surface area contributed by atoms with Crippen LogP contribution in [0.25, 0.3) is 0 Å². The van der Waals surface area contributed by atoms with Crippen LogP contribution in [0.3, 0.4) is 0 Å². The fraction of sp³-hybridized carbons (Fsp3) is 0.812. The van der Waals surface area contributed by atoms with Gasteiger partial charge in [-0.05, 0) is 39.2 Å². The van der Waals surface area contributed by atoms with Gasteiger partial charge in [0.1, 0.15) is 0 Å². The van der Waals surface area contributed by atoms with Crippen LogP contribution in [0.2, 0.25) is 0 Å². The molecule has 2 atom stereocenters. The van der Waals surface area contributed by atoms with Crippen LogP contribution in [0, 0.1) is 0 Å². The van der Waals surface area contributed by atoms with E-state index in [2.05, 4.69) is 9.88 Å². The Labute approximate surface area is 150 Å². The number of nitrogens with zero attached hydrogens (tertiary/aromatic N) is 3. The highest BCUT2D eigenvalue weighted by Crippen LogP contribution is 2.33. The average molecular weight is 381 g/mol. The van der Waals surface area contributed by atoms with Gasteiger partial charge in [-0.1, -0.05) is 0 Å². The van der Waals surface area contributed by atoms with Crippen LogP contribution in [0.1, 0.15) is 37.8 Å². The number of alkyl halides is 3. The first-order chi connectivity index (χ1) is 11.8. The summed E-state index contributed by atoms with van der Waals surface area (Å²) in [5.74, 6) is 0.